The zero-order chi connectivity index (χ0) is 23.3. The van der Waals surface area contributed by atoms with Gasteiger partial charge in [0.1, 0.15) is 12.1 Å². The Hall–Kier alpha value is -3.01. The van der Waals surface area contributed by atoms with Gasteiger partial charge in [0.25, 0.3) is 0 Å². The number of halogens is 1. The Balaban J connectivity index is 1.72. The molecule has 0 atom stereocenters. The smallest absolute Gasteiger partial charge is 0.214 e. The van der Waals surface area contributed by atoms with Crippen molar-refractivity contribution >= 4 is 21.8 Å². The summed E-state index contributed by atoms with van der Waals surface area (Å²) in [6.07, 6.45) is 0. The minimum atomic E-state index is -0.325. The van der Waals surface area contributed by atoms with Crippen molar-refractivity contribution in [2.24, 2.45) is 0 Å². The molecule has 0 unspecified atom stereocenters. The molecule has 0 saturated heterocycles. The number of hydrogen-bond acceptors (Lipinski definition) is 3. The van der Waals surface area contributed by atoms with E-state index in [0.29, 0.717) is 17.0 Å². The highest BCUT2D eigenvalue weighted by Gasteiger charge is 2.22. The number of aromatic nitrogens is 2. The molecule has 2 heterocycles. The number of hydrogen-bond donors (Lipinski definition) is 0. The third-order valence-electron chi connectivity index (χ3n) is 5.81. The van der Waals surface area contributed by atoms with Gasteiger partial charge in [-0.05, 0) is 41.0 Å². The first-order valence-corrected chi connectivity index (χ1v) is 11.1. The standard InChI is InChI=1S/C28H31FN2O/c1-17-14-21(27(2,3)4)20-13-12-18(25(29)26(20)30-17)16-32-24-15-22(28(5,6)7)19-10-8-9-11-23(19)31-24/h8-15H,16H2,1-7H3. The summed E-state index contributed by atoms with van der Waals surface area (Å²) in [5.74, 6) is 0.175. The minimum absolute atomic E-state index is 0.0698. The number of pyridine rings is 2. The van der Waals surface area contributed by atoms with Crippen molar-refractivity contribution in [3.05, 3.63) is 76.7 Å². The van der Waals surface area contributed by atoms with Crippen molar-refractivity contribution in [2.75, 3.05) is 0 Å². The summed E-state index contributed by atoms with van der Waals surface area (Å²) < 4.78 is 21.5. The average Bonchev–Trinajstić information content (AvgIpc) is 2.71. The molecule has 0 fully saturated rings. The highest BCUT2D eigenvalue weighted by Crippen LogP contribution is 2.34. The summed E-state index contributed by atoms with van der Waals surface area (Å²) in [6, 6.07) is 15.8. The van der Waals surface area contributed by atoms with E-state index in [9.17, 15) is 0 Å². The highest BCUT2D eigenvalue weighted by molar-refractivity contribution is 5.85. The maximum Gasteiger partial charge on any atom is 0.214 e. The van der Waals surface area contributed by atoms with Crippen molar-refractivity contribution in [2.45, 2.75) is 65.9 Å². The van der Waals surface area contributed by atoms with Crippen LogP contribution in [0.5, 0.6) is 5.88 Å². The second-order valence-electron chi connectivity index (χ2n) is 10.6. The van der Waals surface area contributed by atoms with Crippen LogP contribution in [0.15, 0.2) is 48.5 Å². The van der Waals surface area contributed by atoms with Crippen molar-refractivity contribution in [3.8, 4) is 5.88 Å². The van der Waals surface area contributed by atoms with Crippen molar-refractivity contribution in [1.29, 1.82) is 0 Å². The van der Waals surface area contributed by atoms with Crippen LogP contribution in [0, 0.1) is 12.7 Å². The molecule has 0 spiro atoms. The largest absolute Gasteiger partial charge is 0.473 e. The maximum atomic E-state index is 15.5. The number of para-hydroxylation sites is 1. The Bertz CT molecular complexity index is 1310. The number of ether oxygens (including phenoxy) is 1. The van der Waals surface area contributed by atoms with Gasteiger partial charge in [-0.15, -0.1) is 0 Å². The molecule has 0 N–H and O–H groups in total. The molecule has 0 radical (unpaired) electrons. The molecule has 4 heteroatoms. The molecule has 2 aromatic carbocycles. The van der Waals surface area contributed by atoms with Crippen LogP contribution in [0.25, 0.3) is 21.8 Å². The van der Waals surface area contributed by atoms with Crippen LogP contribution in [0.3, 0.4) is 0 Å². The van der Waals surface area contributed by atoms with Gasteiger partial charge in [-0.3, -0.25) is 4.98 Å². The molecule has 0 saturated carbocycles. The summed E-state index contributed by atoms with van der Waals surface area (Å²) in [5.41, 5.74) is 4.64. The second kappa shape index (κ2) is 7.84. The van der Waals surface area contributed by atoms with Gasteiger partial charge in [0.2, 0.25) is 5.88 Å². The molecule has 0 aliphatic carbocycles. The third kappa shape index (κ3) is 4.19. The Morgan fingerprint density at radius 3 is 2.16 bits per heavy atom. The summed E-state index contributed by atoms with van der Waals surface area (Å²) in [4.78, 5) is 9.16. The lowest BCUT2D eigenvalue weighted by molar-refractivity contribution is 0.289. The SMILES string of the molecule is Cc1cc(C(C)(C)C)c2ccc(COc3cc(C(C)(C)C)c4ccccc4n3)c(F)c2n1. The predicted octanol–water partition coefficient (Wildman–Crippen LogP) is 7.40. The molecular weight excluding hydrogens is 399 g/mol. The van der Waals surface area contributed by atoms with Crippen LogP contribution in [0.1, 0.15) is 63.9 Å². The van der Waals surface area contributed by atoms with E-state index in [2.05, 4.69) is 57.6 Å². The zero-order valence-corrected chi connectivity index (χ0v) is 20.0. The normalized spacial score (nSPS) is 12.5. The summed E-state index contributed by atoms with van der Waals surface area (Å²) in [7, 11) is 0. The molecule has 4 rings (SSSR count). The molecular formula is C28H31FN2O. The van der Waals surface area contributed by atoms with Gasteiger partial charge in [0.05, 0.1) is 5.52 Å². The van der Waals surface area contributed by atoms with Gasteiger partial charge in [-0.1, -0.05) is 71.9 Å². The van der Waals surface area contributed by atoms with Gasteiger partial charge in [0, 0.05) is 28.1 Å². The number of rotatable bonds is 3. The maximum absolute atomic E-state index is 15.5. The van der Waals surface area contributed by atoms with Crippen molar-refractivity contribution in [3.63, 3.8) is 0 Å². The van der Waals surface area contributed by atoms with E-state index in [-0.39, 0.29) is 23.3 Å². The molecule has 2 aromatic heterocycles. The van der Waals surface area contributed by atoms with Crippen molar-refractivity contribution in [1.82, 2.24) is 9.97 Å². The lowest BCUT2D eigenvalue weighted by atomic mass is 9.84. The van der Waals surface area contributed by atoms with E-state index in [1.165, 1.54) is 0 Å². The van der Waals surface area contributed by atoms with E-state index >= 15 is 4.39 Å². The Morgan fingerprint density at radius 1 is 0.812 bits per heavy atom. The zero-order valence-electron chi connectivity index (χ0n) is 20.0. The van der Waals surface area contributed by atoms with Crippen LogP contribution < -0.4 is 4.74 Å². The number of fused-ring (bicyclic) bond motifs is 2. The molecule has 4 aromatic rings. The molecule has 0 aliphatic heterocycles. The fourth-order valence-electron chi connectivity index (χ4n) is 4.16. The molecule has 0 bridgehead atoms. The quantitative estimate of drug-likeness (QED) is 0.339. The molecule has 0 aliphatic rings. The fourth-order valence-corrected chi connectivity index (χ4v) is 4.16. The van der Waals surface area contributed by atoms with E-state index in [1.807, 2.05) is 43.3 Å². The van der Waals surface area contributed by atoms with E-state index in [1.54, 1.807) is 6.07 Å². The van der Waals surface area contributed by atoms with Crippen LogP contribution in [0.4, 0.5) is 4.39 Å². The van der Waals surface area contributed by atoms with Crippen LogP contribution in [-0.2, 0) is 17.4 Å². The molecule has 32 heavy (non-hydrogen) atoms. The monoisotopic (exact) mass is 430 g/mol. The van der Waals surface area contributed by atoms with Gasteiger partial charge in [-0.25, -0.2) is 9.37 Å². The fraction of sp³-hybridized carbons (Fsp3) is 0.357. The summed E-state index contributed by atoms with van der Waals surface area (Å²) in [6.45, 7) is 14.9. The van der Waals surface area contributed by atoms with Crippen LogP contribution >= 0.6 is 0 Å². The van der Waals surface area contributed by atoms with Gasteiger partial charge in [0.15, 0.2) is 5.82 Å². The van der Waals surface area contributed by atoms with E-state index in [4.69, 9.17) is 4.74 Å². The highest BCUT2D eigenvalue weighted by atomic mass is 19.1. The topological polar surface area (TPSA) is 35.0 Å². The number of nitrogens with zero attached hydrogens (tertiary/aromatic N) is 2. The average molecular weight is 431 g/mol. The van der Waals surface area contributed by atoms with Gasteiger partial charge in [-0.2, -0.15) is 0 Å². The molecule has 166 valence electrons. The number of benzene rings is 2. The van der Waals surface area contributed by atoms with Crippen LogP contribution in [0.2, 0.25) is 0 Å². The number of aryl methyl sites for hydroxylation is 1. The first kappa shape index (κ1) is 22.2. The van der Waals surface area contributed by atoms with Gasteiger partial charge >= 0.3 is 0 Å². The summed E-state index contributed by atoms with van der Waals surface area (Å²) >= 11 is 0. The first-order chi connectivity index (χ1) is 14.9. The first-order valence-electron chi connectivity index (χ1n) is 11.1. The Kier molecular flexibility index (Phi) is 5.44. The van der Waals surface area contributed by atoms with E-state index in [0.717, 1.165) is 33.1 Å². The third-order valence-corrected chi connectivity index (χ3v) is 5.81. The molecule has 0 amide bonds. The predicted molar refractivity (Wildman–Crippen MR) is 130 cm³/mol. The lowest BCUT2D eigenvalue weighted by Gasteiger charge is -2.23. The lowest BCUT2D eigenvalue weighted by Crippen LogP contribution is -2.14. The van der Waals surface area contributed by atoms with Crippen LogP contribution in [-0.4, -0.2) is 9.97 Å². The van der Waals surface area contributed by atoms with Crippen molar-refractivity contribution < 1.29 is 9.13 Å². The van der Waals surface area contributed by atoms with Gasteiger partial charge < -0.3 is 4.74 Å². The Morgan fingerprint density at radius 2 is 1.47 bits per heavy atom. The second-order valence-corrected chi connectivity index (χ2v) is 10.6. The molecule has 3 nitrogen and oxygen atoms in total. The Labute approximate surface area is 189 Å². The summed E-state index contributed by atoms with van der Waals surface area (Å²) in [5, 5.41) is 1.96. The minimum Gasteiger partial charge on any atom is -0.473 e. The van der Waals surface area contributed by atoms with E-state index < -0.39 is 0 Å².